The van der Waals surface area contributed by atoms with Gasteiger partial charge < -0.3 is 9.64 Å². The molecule has 132 valence electrons. The molecule has 3 aromatic rings. The molecule has 0 bridgehead atoms. The number of hydrogen-bond acceptors (Lipinski definition) is 6. The highest BCUT2D eigenvalue weighted by Crippen LogP contribution is 2.34. The topological polar surface area (TPSA) is 55.6 Å². The number of thiazole rings is 1. The van der Waals surface area contributed by atoms with Crippen LogP contribution in [0.15, 0.2) is 29.9 Å². The molecule has 0 saturated carbocycles. The Bertz CT molecular complexity index is 869. The van der Waals surface area contributed by atoms with Crippen molar-refractivity contribution in [1.29, 1.82) is 0 Å². The van der Waals surface area contributed by atoms with Crippen LogP contribution in [0.3, 0.4) is 0 Å². The van der Waals surface area contributed by atoms with Crippen molar-refractivity contribution in [3.63, 3.8) is 0 Å². The first-order valence-electron chi connectivity index (χ1n) is 7.74. The van der Waals surface area contributed by atoms with Crippen LogP contribution < -0.4 is 9.64 Å². The number of hydrogen-bond donors (Lipinski definition) is 0. The Balaban J connectivity index is 1.37. The van der Waals surface area contributed by atoms with E-state index in [2.05, 4.69) is 15.1 Å². The first-order valence-corrected chi connectivity index (χ1v) is 8.62. The van der Waals surface area contributed by atoms with Crippen molar-refractivity contribution in [1.82, 2.24) is 19.6 Å². The molecule has 3 aromatic heterocycles. The summed E-state index contributed by atoms with van der Waals surface area (Å²) >= 11 is 1.02. The monoisotopic (exact) mass is 369 g/mol. The van der Waals surface area contributed by atoms with Gasteiger partial charge >= 0.3 is 6.18 Å². The molecule has 0 atom stereocenters. The fourth-order valence-electron chi connectivity index (χ4n) is 2.74. The molecule has 0 unspecified atom stereocenters. The van der Waals surface area contributed by atoms with Gasteiger partial charge in [-0.15, -0.1) is 11.3 Å². The summed E-state index contributed by atoms with van der Waals surface area (Å²) in [6.45, 7) is 1.20. The summed E-state index contributed by atoms with van der Waals surface area (Å²) in [4.78, 5) is 9.93. The van der Waals surface area contributed by atoms with Gasteiger partial charge in [0.1, 0.15) is 6.10 Å². The SMILES string of the molecule is FC(F)(F)c1csc(N2CCC(Oc3ccn4nccc4n3)CC2)n1. The Hall–Kier alpha value is -2.36. The van der Waals surface area contributed by atoms with Crippen molar-refractivity contribution < 1.29 is 17.9 Å². The van der Waals surface area contributed by atoms with Crippen LogP contribution >= 0.6 is 11.3 Å². The van der Waals surface area contributed by atoms with Gasteiger partial charge in [0.2, 0.25) is 5.88 Å². The zero-order valence-electron chi connectivity index (χ0n) is 13.0. The number of rotatable bonds is 3. The Morgan fingerprint density at radius 1 is 1.16 bits per heavy atom. The second-order valence-electron chi connectivity index (χ2n) is 5.72. The van der Waals surface area contributed by atoms with Crippen LogP contribution in [0.4, 0.5) is 18.3 Å². The molecule has 1 fully saturated rings. The first kappa shape index (κ1) is 16.1. The van der Waals surface area contributed by atoms with Gasteiger partial charge in [0.05, 0.1) is 6.20 Å². The smallest absolute Gasteiger partial charge is 0.434 e. The van der Waals surface area contributed by atoms with E-state index in [1.807, 2.05) is 4.90 Å². The van der Waals surface area contributed by atoms with Gasteiger partial charge in [0, 0.05) is 49.6 Å². The van der Waals surface area contributed by atoms with E-state index < -0.39 is 11.9 Å². The van der Waals surface area contributed by atoms with Gasteiger partial charge in [-0.3, -0.25) is 0 Å². The average molecular weight is 369 g/mol. The maximum absolute atomic E-state index is 12.7. The summed E-state index contributed by atoms with van der Waals surface area (Å²) in [7, 11) is 0. The van der Waals surface area contributed by atoms with Gasteiger partial charge in [-0.1, -0.05) is 0 Å². The third-order valence-corrected chi connectivity index (χ3v) is 4.92. The lowest BCUT2D eigenvalue weighted by Gasteiger charge is -2.31. The zero-order chi connectivity index (χ0) is 17.4. The molecular weight excluding hydrogens is 355 g/mol. The van der Waals surface area contributed by atoms with E-state index in [4.69, 9.17) is 4.74 Å². The molecular formula is C15H14F3N5OS. The van der Waals surface area contributed by atoms with Crippen molar-refractivity contribution in [3.05, 3.63) is 35.6 Å². The van der Waals surface area contributed by atoms with Crippen LogP contribution in [0.2, 0.25) is 0 Å². The van der Waals surface area contributed by atoms with Crippen LogP contribution in [0.25, 0.3) is 5.65 Å². The van der Waals surface area contributed by atoms with Gasteiger partial charge in [-0.2, -0.15) is 23.3 Å². The summed E-state index contributed by atoms with van der Waals surface area (Å²) in [6.07, 6.45) is 0.430. The third-order valence-electron chi connectivity index (χ3n) is 4.01. The van der Waals surface area contributed by atoms with Gasteiger partial charge in [-0.25, -0.2) is 9.50 Å². The standard InChI is InChI=1S/C15H14F3N5OS/c16-15(17,18)11-9-25-14(20-11)22-6-2-10(3-7-22)24-13-4-8-23-12(21-13)1-5-19-23/h1,4-5,8-10H,2-3,6-7H2. The lowest BCUT2D eigenvalue weighted by atomic mass is 10.1. The molecule has 0 aliphatic carbocycles. The Morgan fingerprint density at radius 2 is 1.96 bits per heavy atom. The van der Waals surface area contributed by atoms with E-state index in [0.29, 0.717) is 42.6 Å². The largest absolute Gasteiger partial charge is 0.474 e. The minimum Gasteiger partial charge on any atom is -0.474 e. The van der Waals surface area contributed by atoms with E-state index in [0.717, 1.165) is 16.7 Å². The van der Waals surface area contributed by atoms with Crippen LogP contribution in [0, 0.1) is 0 Å². The van der Waals surface area contributed by atoms with Crippen molar-refractivity contribution >= 4 is 22.1 Å². The lowest BCUT2D eigenvalue weighted by Crippen LogP contribution is -2.38. The predicted molar refractivity (Wildman–Crippen MR) is 86.0 cm³/mol. The van der Waals surface area contributed by atoms with Crippen molar-refractivity contribution in [2.24, 2.45) is 0 Å². The van der Waals surface area contributed by atoms with Gasteiger partial charge in [-0.05, 0) is 0 Å². The van der Waals surface area contributed by atoms with Gasteiger partial charge in [0.25, 0.3) is 0 Å². The second kappa shape index (κ2) is 6.17. The molecule has 0 amide bonds. The van der Waals surface area contributed by atoms with E-state index in [-0.39, 0.29) is 6.10 Å². The molecule has 1 saturated heterocycles. The van der Waals surface area contributed by atoms with E-state index in [1.54, 1.807) is 29.0 Å². The normalized spacial score (nSPS) is 16.5. The number of aromatic nitrogens is 4. The minimum absolute atomic E-state index is 0.0174. The number of fused-ring (bicyclic) bond motifs is 1. The highest BCUT2D eigenvalue weighted by atomic mass is 32.1. The van der Waals surface area contributed by atoms with Crippen molar-refractivity contribution in [2.75, 3.05) is 18.0 Å². The minimum atomic E-state index is -4.39. The predicted octanol–water partition coefficient (Wildman–Crippen LogP) is 3.25. The Kier molecular flexibility index (Phi) is 3.98. The van der Waals surface area contributed by atoms with E-state index in [1.165, 1.54) is 0 Å². The number of ether oxygens (including phenoxy) is 1. The summed E-state index contributed by atoms with van der Waals surface area (Å²) in [5.41, 5.74) is -0.124. The average Bonchev–Trinajstić information content (AvgIpc) is 3.24. The van der Waals surface area contributed by atoms with E-state index >= 15 is 0 Å². The molecule has 1 aliphatic rings. The number of alkyl halides is 3. The lowest BCUT2D eigenvalue weighted by molar-refractivity contribution is -0.140. The number of piperidine rings is 1. The van der Waals surface area contributed by atoms with Gasteiger partial charge in [0.15, 0.2) is 16.5 Å². The third kappa shape index (κ3) is 3.39. The molecule has 4 heterocycles. The van der Waals surface area contributed by atoms with Crippen LogP contribution in [0.5, 0.6) is 5.88 Å². The Morgan fingerprint density at radius 3 is 2.68 bits per heavy atom. The molecule has 0 aromatic carbocycles. The zero-order valence-corrected chi connectivity index (χ0v) is 13.8. The molecule has 0 N–H and O–H groups in total. The summed E-state index contributed by atoms with van der Waals surface area (Å²) in [5, 5.41) is 5.54. The summed E-state index contributed by atoms with van der Waals surface area (Å²) in [6, 6.07) is 3.54. The van der Waals surface area contributed by atoms with E-state index in [9.17, 15) is 13.2 Å². The van der Waals surface area contributed by atoms with Crippen LogP contribution in [-0.2, 0) is 6.18 Å². The molecule has 0 spiro atoms. The maximum atomic E-state index is 12.7. The molecule has 6 nitrogen and oxygen atoms in total. The maximum Gasteiger partial charge on any atom is 0.434 e. The number of halogens is 3. The molecule has 0 radical (unpaired) electrons. The second-order valence-corrected chi connectivity index (χ2v) is 6.55. The van der Waals surface area contributed by atoms with Crippen LogP contribution in [0.1, 0.15) is 18.5 Å². The summed E-state index contributed by atoms with van der Waals surface area (Å²) in [5.74, 6) is 0.528. The molecule has 1 aliphatic heterocycles. The number of nitrogens with zero attached hydrogens (tertiary/aromatic N) is 5. The Labute approximate surface area is 144 Å². The van der Waals surface area contributed by atoms with Crippen LogP contribution in [-0.4, -0.2) is 38.8 Å². The van der Waals surface area contributed by atoms with Crippen molar-refractivity contribution in [3.8, 4) is 5.88 Å². The number of anilines is 1. The quantitative estimate of drug-likeness (QED) is 0.709. The highest BCUT2D eigenvalue weighted by molar-refractivity contribution is 7.13. The van der Waals surface area contributed by atoms with Crippen molar-refractivity contribution in [2.45, 2.75) is 25.1 Å². The molecule has 25 heavy (non-hydrogen) atoms. The highest BCUT2D eigenvalue weighted by Gasteiger charge is 2.34. The fourth-order valence-corrected chi connectivity index (χ4v) is 3.62. The fraction of sp³-hybridized carbons (Fsp3) is 0.400. The first-order chi connectivity index (χ1) is 12.0. The summed E-state index contributed by atoms with van der Waals surface area (Å²) < 4.78 is 45.5. The molecule has 4 rings (SSSR count). The molecule has 10 heteroatoms.